The number of amides is 1. The summed E-state index contributed by atoms with van der Waals surface area (Å²) < 4.78 is 24.5. The van der Waals surface area contributed by atoms with Crippen molar-refractivity contribution in [3.63, 3.8) is 0 Å². The van der Waals surface area contributed by atoms with Crippen LogP contribution in [0.1, 0.15) is 36.4 Å². The number of carbonyl (C=O) groups is 1. The van der Waals surface area contributed by atoms with Gasteiger partial charge >= 0.3 is 0 Å². The molecule has 0 bridgehead atoms. The van der Waals surface area contributed by atoms with Gasteiger partial charge in [0.05, 0.1) is 11.4 Å². The lowest BCUT2D eigenvalue weighted by Crippen LogP contribution is -2.18. The van der Waals surface area contributed by atoms with Gasteiger partial charge in [-0.3, -0.25) is 4.79 Å². The quantitative estimate of drug-likeness (QED) is 0.736. The van der Waals surface area contributed by atoms with Crippen molar-refractivity contribution in [2.75, 3.05) is 23.9 Å². The maximum absolute atomic E-state index is 12.3. The molecule has 1 saturated carbocycles. The summed E-state index contributed by atoms with van der Waals surface area (Å²) in [6, 6.07) is 0.274. The molecule has 1 heterocycles. The number of rotatable bonds is 6. The molecule has 2 atom stereocenters. The second kappa shape index (κ2) is 5.84. The Hall–Kier alpha value is -1.28. The predicted octanol–water partition coefficient (Wildman–Crippen LogP) is 1.69. The first-order valence-corrected chi connectivity index (χ1v) is 9.46. The van der Waals surface area contributed by atoms with E-state index in [0.717, 1.165) is 24.2 Å². The Kier molecular flexibility index (Phi) is 4.48. The maximum Gasteiger partial charge on any atom is 0.263 e. The Labute approximate surface area is 129 Å². The fourth-order valence-corrected chi connectivity index (χ4v) is 4.96. The van der Waals surface area contributed by atoms with Gasteiger partial charge in [-0.25, -0.2) is 8.42 Å². The third-order valence-corrected chi connectivity index (χ3v) is 6.86. The van der Waals surface area contributed by atoms with Gasteiger partial charge in [-0.2, -0.15) is 0 Å². The van der Waals surface area contributed by atoms with Crippen LogP contribution in [0.3, 0.4) is 0 Å². The fourth-order valence-electron chi connectivity index (χ4n) is 2.30. The molecule has 0 aromatic carbocycles. The van der Waals surface area contributed by atoms with Crippen LogP contribution in [0.25, 0.3) is 0 Å². The van der Waals surface area contributed by atoms with E-state index in [1.165, 1.54) is 7.05 Å². The molecule has 0 aliphatic heterocycles. The Bertz CT molecular complexity index is 652. The molecule has 4 N–H and O–H groups in total. The first-order chi connectivity index (χ1) is 9.85. The molecule has 0 radical (unpaired) electrons. The van der Waals surface area contributed by atoms with E-state index in [1.54, 1.807) is 6.92 Å². The monoisotopic (exact) mass is 331 g/mol. The van der Waals surface area contributed by atoms with Crippen LogP contribution in [-0.4, -0.2) is 33.2 Å². The van der Waals surface area contributed by atoms with Gasteiger partial charge in [-0.15, -0.1) is 11.3 Å². The van der Waals surface area contributed by atoms with Gasteiger partial charge in [-0.1, -0.05) is 20.3 Å². The van der Waals surface area contributed by atoms with E-state index in [0.29, 0.717) is 10.9 Å². The number of thiophene rings is 1. The summed E-state index contributed by atoms with van der Waals surface area (Å²) in [5.41, 5.74) is 5.99. The Morgan fingerprint density at radius 2 is 2.10 bits per heavy atom. The zero-order valence-corrected chi connectivity index (χ0v) is 14.0. The number of nitrogens with one attached hydrogen (secondary N) is 2. The molecule has 21 heavy (non-hydrogen) atoms. The first-order valence-electron chi connectivity index (χ1n) is 6.99. The number of nitrogen functional groups attached to an aromatic ring is 1. The number of hydrogen-bond acceptors (Lipinski definition) is 6. The van der Waals surface area contributed by atoms with E-state index in [9.17, 15) is 13.2 Å². The molecule has 0 saturated heterocycles. The number of hydrogen-bond donors (Lipinski definition) is 3. The average Bonchev–Trinajstić information content (AvgIpc) is 3.12. The number of carbonyl (C=O) groups excluding carboxylic acids is 1. The third kappa shape index (κ3) is 3.01. The summed E-state index contributed by atoms with van der Waals surface area (Å²) >= 11 is 1.11. The van der Waals surface area contributed by atoms with Crippen molar-refractivity contribution in [3.05, 3.63) is 4.88 Å². The Morgan fingerprint density at radius 1 is 1.43 bits per heavy atom. The summed E-state index contributed by atoms with van der Waals surface area (Å²) in [4.78, 5) is 12.2. The summed E-state index contributed by atoms with van der Waals surface area (Å²) in [6.07, 6.45) is 2.08. The lowest BCUT2D eigenvalue weighted by Gasteiger charge is -2.07. The van der Waals surface area contributed by atoms with E-state index < -0.39 is 9.84 Å². The smallest absolute Gasteiger partial charge is 0.263 e. The van der Waals surface area contributed by atoms with Crippen molar-refractivity contribution >= 4 is 37.8 Å². The van der Waals surface area contributed by atoms with Crippen LogP contribution in [-0.2, 0) is 9.84 Å². The SMILES string of the molecule is CCC1CC1Nc1sc(C(=O)NC)c(N)c1S(=O)(=O)CC. The summed E-state index contributed by atoms with van der Waals surface area (Å²) in [7, 11) is -1.98. The van der Waals surface area contributed by atoms with Crippen LogP contribution in [0.5, 0.6) is 0 Å². The van der Waals surface area contributed by atoms with Crippen LogP contribution in [0, 0.1) is 5.92 Å². The molecular weight excluding hydrogens is 310 g/mol. The van der Waals surface area contributed by atoms with E-state index in [-0.39, 0.29) is 33.2 Å². The second-order valence-corrected chi connectivity index (χ2v) is 8.38. The van der Waals surface area contributed by atoms with Gasteiger partial charge < -0.3 is 16.4 Å². The van der Waals surface area contributed by atoms with Crippen molar-refractivity contribution in [2.24, 2.45) is 5.92 Å². The summed E-state index contributed by atoms with van der Waals surface area (Å²) in [6.45, 7) is 3.68. The molecule has 1 aromatic heterocycles. The summed E-state index contributed by atoms with van der Waals surface area (Å²) in [5.74, 6) is 0.160. The zero-order chi connectivity index (χ0) is 15.8. The molecule has 1 fully saturated rings. The van der Waals surface area contributed by atoms with Gasteiger partial charge in [0.2, 0.25) is 0 Å². The molecule has 8 heteroatoms. The predicted molar refractivity (Wildman–Crippen MR) is 85.7 cm³/mol. The minimum atomic E-state index is -3.48. The lowest BCUT2D eigenvalue weighted by atomic mass is 10.3. The largest absolute Gasteiger partial charge is 0.396 e. The normalized spacial score (nSPS) is 21.1. The molecule has 0 spiro atoms. The van der Waals surface area contributed by atoms with Crippen LogP contribution < -0.4 is 16.4 Å². The van der Waals surface area contributed by atoms with Gasteiger partial charge in [0.25, 0.3) is 5.91 Å². The second-order valence-electron chi connectivity index (χ2n) is 5.14. The maximum atomic E-state index is 12.3. The fraction of sp³-hybridized carbons (Fsp3) is 0.615. The highest BCUT2D eigenvalue weighted by Gasteiger charge is 2.38. The minimum Gasteiger partial charge on any atom is -0.396 e. The van der Waals surface area contributed by atoms with E-state index in [4.69, 9.17) is 5.73 Å². The van der Waals surface area contributed by atoms with Crippen molar-refractivity contribution in [3.8, 4) is 0 Å². The molecule has 1 amide bonds. The topological polar surface area (TPSA) is 101 Å². The highest BCUT2D eigenvalue weighted by Crippen LogP contribution is 2.44. The summed E-state index contributed by atoms with van der Waals surface area (Å²) in [5, 5.41) is 6.23. The first kappa shape index (κ1) is 16.1. The average molecular weight is 331 g/mol. The zero-order valence-electron chi connectivity index (χ0n) is 12.4. The van der Waals surface area contributed by atoms with E-state index in [2.05, 4.69) is 17.6 Å². The molecule has 2 rings (SSSR count). The van der Waals surface area contributed by atoms with E-state index in [1.807, 2.05) is 0 Å². The molecule has 1 aliphatic carbocycles. The molecule has 1 aliphatic rings. The lowest BCUT2D eigenvalue weighted by molar-refractivity contribution is 0.0968. The molecule has 118 valence electrons. The van der Waals surface area contributed by atoms with Crippen molar-refractivity contribution in [1.29, 1.82) is 0 Å². The number of anilines is 2. The molecular formula is C13H21N3O3S2. The van der Waals surface area contributed by atoms with Gasteiger partial charge in [0.15, 0.2) is 9.84 Å². The number of nitrogens with two attached hydrogens (primary N) is 1. The minimum absolute atomic E-state index is 0.0440. The van der Waals surface area contributed by atoms with Gasteiger partial charge in [0.1, 0.15) is 14.8 Å². The van der Waals surface area contributed by atoms with Crippen molar-refractivity contribution < 1.29 is 13.2 Å². The highest BCUT2D eigenvalue weighted by atomic mass is 32.2. The van der Waals surface area contributed by atoms with Crippen LogP contribution in [0.4, 0.5) is 10.7 Å². The van der Waals surface area contributed by atoms with Gasteiger partial charge in [-0.05, 0) is 12.3 Å². The Morgan fingerprint density at radius 3 is 2.57 bits per heavy atom. The molecule has 1 aromatic rings. The van der Waals surface area contributed by atoms with Crippen molar-refractivity contribution in [1.82, 2.24) is 5.32 Å². The highest BCUT2D eigenvalue weighted by molar-refractivity contribution is 7.92. The van der Waals surface area contributed by atoms with Crippen LogP contribution in [0.2, 0.25) is 0 Å². The number of sulfone groups is 1. The molecule has 2 unspecified atom stereocenters. The third-order valence-electron chi connectivity index (χ3n) is 3.79. The van der Waals surface area contributed by atoms with Gasteiger partial charge in [0, 0.05) is 13.1 Å². The van der Waals surface area contributed by atoms with E-state index >= 15 is 0 Å². The standard InChI is InChI=1S/C13H21N3O3S2/c1-4-7-6-8(7)16-13-11(21(18,19)5-2)9(14)10(20-13)12(17)15-3/h7-8,16H,4-6,14H2,1-3H3,(H,15,17). The Balaban J connectivity index is 2.44. The van der Waals surface area contributed by atoms with Crippen LogP contribution >= 0.6 is 11.3 Å². The van der Waals surface area contributed by atoms with Crippen LogP contribution in [0.15, 0.2) is 4.90 Å². The molecule has 6 nitrogen and oxygen atoms in total. The van der Waals surface area contributed by atoms with Crippen molar-refractivity contribution in [2.45, 2.75) is 37.6 Å².